The van der Waals surface area contributed by atoms with Crippen LogP contribution < -0.4 is 10.6 Å². The maximum Gasteiger partial charge on any atom is 0.245 e. The van der Waals surface area contributed by atoms with Gasteiger partial charge in [-0.2, -0.15) is 5.10 Å². The molecule has 1 saturated heterocycles. The van der Waals surface area contributed by atoms with Gasteiger partial charge in [0.1, 0.15) is 0 Å². The first-order chi connectivity index (χ1) is 8.71. The topological polar surface area (TPSA) is 67.9 Å². The van der Waals surface area contributed by atoms with Crippen molar-refractivity contribution in [1.29, 1.82) is 0 Å². The van der Waals surface area contributed by atoms with Gasteiger partial charge < -0.3 is 10.6 Å². The Bertz CT molecular complexity index is 406. The predicted molar refractivity (Wildman–Crippen MR) is 72.6 cm³/mol. The third-order valence-corrected chi connectivity index (χ3v) is 3.88. The molecule has 1 aliphatic rings. The summed E-state index contributed by atoms with van der Waals surface area (Å²) in [5, 5.41) is 8.59. The van der Waals surface area contributed by atoms with Crippen molar-refractivity contribution >= 4 is 5.95 Å². The van der Waals surface area contributed by atoms with Gasteiger partial charge in [-0.1, -0.05) is 20.8 Å². The second-order valence-electron chi connectivity index (χ2n) is 4.97. The molecule has 2 N–H and O–H groups in total. The van der Waals surface area contributed by atoms with Crippen LogP contribution in [0.1, 0.15) is 38.6 Å². The van der Waals surface area contributed by atoms with Crippen LogP contribution in [0.15, 0.2) is 0 Å². The molecule has 0 bridgehead atoms. The van der Waals surface area contributed by atoms with Gasteiger partial charge in [0.05, 0.1) is 11.4 Å². The van der Waals surface area contributed by atoms with Crippen LogP contribution in [0.25, 0.3) is 0 Å². The van der Waals surface area contributed by atoms with Crippen LogP contribution in [0.3, 0.4) is 0 Å². The predicted octanol–water partition coefficient (Wildman–Crippen LogP) is 1.17. The Hall–Kier alpha value is -1.23. The minimum Gasteiger partial charge on any atom is -0.335 e. The van der Waals surface area contributed by atoms with Gasteiger partial charge in [-0.15, -0.1) is 5.10 Å². The normalized spacial score (nSPS) is 23.7. The van der Waals surface area contributed by atoms with Gasteiger partial charge in [0.15, 0.2) is 0 Å². The molecule has 0 aromatic carbocycles. The Labute approximate surface area is 109 Å². The van der Waals surface area contributed by atoms with Gasteiger partial charge in [0.2, 0.25) is 5.95 Å². The van der Waals surface area contributed by atoms with Crippen molar-refractivity contribution in [2.24, 2.45) is 11.7 Å². The number of hydrogen-bond acceptors (Lipinski definition) is 5. The monoisotopic (exact) mass is 249 g/mol. The highest BCUT2D eigenvalue weighted by Crippen LogP contribution is 2.26. The molecule has 5 heteroatoms. The molecule has 18 heavy (non-hydrogen) atoms. The Kier molecular flexibility index (Phi) is 4.11. The maximum absolute atomic E-state index is 5.86. The summed E-state index contributed by atoms with van der Waals surface area (Å²) in [5.74, 6) is 1.36. The minimum absolute atomic E-state index is 0.351. The van der Waals surface area contributed by atoms with Crippen molar-refractivity contribution in [3.63, 3.8) is 0 Å². The lowest BCUT2D eigenvalue weighted by Crippen LogP contribution is -2.39. The van der Waals surface area contributed by atoms with Crippen molar-refractivity contribution in [3.05, 3.63) is 11.4 Å². The minimum atomic E-state index is 0.351. The largest absolute Gasteiger partial charge is 0.335 e. The highest BCUT2D eigenvalue weighted by molar-refractivity contribution is 5.34. The molecule has 1 fully saturated rings. The molecule has 0 amide bonds. The van der Waals surface area contributed by atoms with Gasteiger partial charge in [0, 0.05) is 19.1 Å². The summed E-state index contributed by atoms with van der Waals surface area (Å²) in [6.07, 6.45) is 2.95. The number of aromatic nitrogens is 3. The Balaban J connectivity index is 2.28. The Morgan fingerprint density at radius 2 is 1.94 bits per heavy atom. The summed E-state index contributed by atoms with van der Waals surface area (Å²) >= 11 is 0. The molecule has 0 saturated carbocycles. The molecule has 0 spiro atoms. The van der Waals surface area contributed by atoms with E-state index in [0.717, 1.165) is 43.1 Å². The number of anilines is 1. The van der Waals surface area contributed by atoms with Crippen LogP contribution >= 0.6 is 0 Å². The lowest BCUT2D eigenvalue weighted by molar-refractivity contribution is 0.514. The average molecular weight is 249 g/mol. The van der Waals surface area contributed by atoms with E-state index in [4.69, 9.17) is 5.73 Å². The number of nitrogens with two attached hydrogens (primary N) is 1. The number of rotatable bonds is 4. The molecule has 2 heterocycles. The zero-order chi connectivity index (χ0) is 13.1. The average Bonchev–Trinajstić information content (AvgIpc) is 2.78. The number of nitrogens with zero attached hydrogens (tertiary/aromatic N) is 4. The first-order valence-corrected chi connectivity index (χ1v) is 6.90. The molecule has 1 aliphatic heterocycles. The zero-order valence-corrected chi connectivity index (χ0v) is 11.6. The summed E-state index contributed by atoms with van der Waals surface area (Å²) in [4.78, 5) is 6.89. The molecule has 1 aromatic heterocycles. The second-order valence-corrected chi connectivity index (χ2v) is 4.97. The molecule has 100 valence electrons. The lowest BCUT2D eigenvalue weighted by atomic mass is 10.0. The van der Waals surface area contributed by atoms with E-state index in [2.05, 4.69) is 40.9 Å². The van der Waals surface area contributed by atoms with Crippen molar-refractivity contribution < 1.29 is 0 Å². The number of aryl methyl sites for hydroxylation is 2. The quantitative estimate of drug-likeness (QED) is 0.867. The first kappa shape index (κ1) is 13.2. The zero-order valence-electron chi connectivity index (χ0n) is 11.6. The first-order valence-electron chi connectivity index (χ1n) is 6.90. The van der Waals surface area contributed by atoms with Gasteiger partial charge in [0.25, 0.3) is 0 Å². The van der Waals surface area contributed by atoms with E-state index >= 15 is 0 Å². The molecular formula is C13H23N5. The van der Waals surface area contributed by atoms with E-state index in [0.29, 0.717) is 18.5 Å². The van der Waals surface area contributed by atoms with E-state index in [-0.39, 0.29) is 0 Å². The van der Waals surface area contributed by atoms with E-state index < -0.39 is 0 Å². The molecule has 2 unspecified atom stereocenters. The highest BCUT2D eigenvalue weighted by Gasteiger charge is 2.32. The smallest absolute Gasteiger partial charge is 0.245 e. The summed E-state index contributed by atoms with van der Waals surface area (Å²) in [6.45, 7) is 8.08. The van der Waals surface area contributed by atoms with Crippen LogP contribution in [0.5, 0.6) is 0 Å². The fourth-order valence-corrected chi connectivity index (χ4v) is 2.67. The summed E-state index contributed by atoms with van der Waals surface area (Å²) in [7, 11) is 0. The van der Waals surface area contributed by atoms with Gasteiger partial charge in [-0.05, 0) is 25.2 Å². The van der Waals surface area contributed by atoms with Crippen LogP contribution in [0.4, 0.5) is 5.95 Å². The van der Waals surface area contributed by atoms with Crippen LogP contribution in [0, 0.1) is 5.92 Å². The summed E-state index contributed by atoms with van der Waals surface area (Å²) < 4.78 is 0. The maximum atomic E-state index is 5.86. The fraction of sp³-hybridized carbons (Fsp3) is 0.769. The molecule has 0 aliphatic carbocycles. The van der Waals surface area contributed by atoms with Gasteiger partial charge >= 0.3 is 0 Å². The third-order valence-electron chi connectivity index (χ3n) is 3.88. The van der Waals surface area contributed by atoms with Crippen LogP contribution in [-0.4, -0.2) is 34.3 Å². The van der Waals surface area contributed by atoms with Crippen molar-refractivity contribution in [2.75, 3.05) is 18.0 Å². The highest BCUT2D eigenvalue weighted by atomic mass is 15.3. The Morgan fingerprint density at radius 3 is 2.56 bits per heavy atom. The van der Waals surface area contributed by atoms with Crippen molar-refractivity contribution in [3.8, 4) is 0 Å². The van der Waals surface area contributed by atoms with Crippen molar-refractivity contribution in [2.45, 2.75) is 46.1 Å². The third kappa shape index (κ3) is 2.32. The van der Waals surface area contributed by atoms with E-state index in [1.165, 1.54) is 0 Å². The van der Waals surface area contributed by atoms with Gasteiger partial charge in [-0.25, -0.2) is 4.98 Å². The molecule has 2 atom stereocenters. The van der Waals surface area contributed by atoms with E-state index in [1.807, 2.05) is 0 Å². The molecule has 1 aromatic rings. The van der Waals surface area contributed by atoms with Crippen LogP contribution in [0.2, 0.25) is 0 Å². The van der Waals surface area contributed by atoms with E-state index in [1.54, 1.807) is 0 Å². The standard InChI is InChI=1S/C13H23N5/c1-4-10-11(5-2)16-17-13(15-10)18-7-6-9(3)12(18)8-14/h9,12H,4-8,14H2,1-3H3. The molecule has 5 nitrogen and oxygen atoms in total. The van der Waals surface area contributed by atoms with Crippen LogP contribution in [-0.2, 0) is 12.8 Å². The Morgan fingerprint density at radius 1 is 1.22 bits per heavy atom. The number of hydrogen-bond donors (Lipinski definition) is 1. The van der Waals surface area contributed by atoms with E-state index in [9.17, 15) is 0 Å². The SMILES string of the molecule is CCc1nnc(N2CCC(C)C2CN)nc1CC. The van der Waals surface area contributed by atoms with Gasteiger partial charge in [-0.3, -0.25) is 0 Å². The molecule has 2 rings (SSSR count). The summed E-state index contributed by atoms with van der Waals surface area (Å²) in [5.41, 5.74) is 7.94. The fourth-order valence-electron chi connectivity index (χ4n) is 2.67. The summed E-state index contributed by atoms with van der Waals surface area (Å²) in [6, 6.07) is 0.351. The molecule has 0 radical (unpaired) electrons. The lowest BCUT2D eigenvalue weighted by Gasteiger charge is -2.25. The molecular weight excluding hydrogens is 226 g/mol. The second kappa shape index (κ2) is 5.61. The van der Waals surface area contributed by atoms with Crippen molar-refractivity contribution in [1.82, 2.24) is 15.2 Å².